The molecule has 1 aromatic carbocycles. The number of hydrogen-bond acceptors (Lipinski definition) is 5. The molecule has 0 saturated carbocycles. The number of carboxylic acid groups (broad SMARTS) is 1. The maximum Gasteiger partial charge on any atom is 0.348 e. The Kier molecular flexibility index (Phi) is 7.08. The van der Waals surface area contributed by atoms with E-state index >= 15 is 0 Å². The number of fused-ring (bicyclic) bond motifs is 1. The second kappa shape index (κ2) is 8.81. The van der Waals surface area contributed by atoms with Crippen molar-refractivity contribution in [1.82, 2.24) is 4.98 Å². The summed E-state index contributed by atoms with van der Waals surface area (Å²) in [6.45, 7) is 5.98. The number of carboxylic acids is 1. The maximum absolute atomic E-state index is 12.0. The Morgan fingerprint density at radius 3 is 2.64 bits per heavy atom. The Labute approximate surface area is 129 Å². The van der Waals surface area contributed by atoms with E-state index in [1.165, 1.54) is 0 Å². The van der Waals surface area contributed by atoms with Gasteiger partial charge < -0.3 is 14.8 Å². The van der Waals surface area contributed by atoms with Crippen molar-refractivity contribution in [1.29, 1.82) is 0 Å². The summed E-state index contributed by atoms with van der Waals surface area (Å²) < 4.78 is 5.20. The Balaban J connectivity index is 0.000000541. The van der Waals surface area contributed by atoms with Crippen LogP contribution in [0, 0.1) is 0 Å². The zero-order valence-electron chi connectivity index (χ0n) is 13.2. The van der Waals surface area contributed by atoms with Crippen LogP contribution in [-0.4, -0.2) is 22.6 Å². The summed E-state index contributed by atoms with van der Waals surface area (Å²) in [5.74, 6) is -0.833. The number of anilines is 1. The standard InChI is InChI=1S/C14H18N2O2.C2H4O2/c1-3-5-9-15-14-16-11-8-6-7-10(4-2)12(11)13(17)18-14;1-2(3)4/h6-8H,3-5,9H2,1-2H3,(H,15,16);1H3,(H,3,4). The normalized spacial score (nSPS) is 9.95. The third-order valence-corrected chi connectivity index (χ3v) is 2.93. The van der Waals surface area contributed by atoms with Gasteiger partial charge in [0.2, 0.25) is 0 Å². The third kappa shape index (κ3) is 5.20. The molecule has 0 bridgehead atoms. The van der Waals surface area contributed by atoms with Crippen LogP contribution in [0.3, 0.4) is 0 Å². The molecule has 0 aliphatic rings. The van der Waals surface area contributed by atoms with E-state index in [0.29, 0.717) is 16.9 Å². The molecule has 6 nitrogen and oxygen atoms in total. The highest BCUT2D eigenvalue weighted by Gasteiger charge is 2.08. The average Bonchev–Trinajstić information content (AvgIpc) is 2.46. The number of nitrogens with zero attached hydrogens (tertiary/aromatic N) is 1. The Bertz CT molecular complexity index is 675. The van der Waals surface area contributed by atoms with E-state index in [-0.39, 0.29) is 5.63 Å². The summed E-state index contributed by atoms with van der Waals surface area (Å²) in [6.07, 6.45) is 2.91. The lowest BCUT2D eigenvalue weighted by molar-refractivity contribution is -0.134. The number of carbonyl (C=O) groups is 1. The van der Waals surface area contributed by atoms with Crippen LogP contribution in [0.25, 0.3) is 10.9 Å². The van der Waals surface area contributed by atoms with Crippen LogP contribution in [0.15, 0.2) is 27.4 Å². The molecule has 0 saturated heterocycles. The molecule has 6 heteroatoms. The zero-order valence-corrected chi connectivity index (χ0v) is 13.2. The summed E-state index contributed by atoms with van der Waals surface area (Å²) in [4.78, 5) is 25.3. The van der Waals surface area contributed by atoms with Crippen LogP contribution in [-0.2, 0) is 11.2 Å². The number of hydrogen-bond donors (Lipinski definition) is 2. The lowest BCUT2D eigenvalue weighted by atomic mass is 10.1. The number of unbranched alkanes of at least 4 members (excludes halogenated alkanes) is 1. The van der Waals surface area contributed by atoms with Crippen LogP contribution >= 0.6 is 0 Å². The van der Waals surface area contributed by atoms with Gasteiger partial charge in [-0.05, 0) is 24.5 Å². The number of rotatable bonds is 5. The van der Waals surface area contributed by atoms with Gasteiger partial charge in [0.15, 0.2) is 0 Å². The van der Waals surface area contributed by atoms with E-state index in [1.54, 1.807) is 0 Å². The minimum atomic E-state index is -0.833. The third-order valence-electron chi connectivity index (χ3n) is 2.93. The van der Waals surface area contributed by atoms with Gasteiger partial charge in [-0.1, -0.05) is 32.4 Å². The fourth-order valence-corrected chi connectivity index (χ4v) is 1.93. The largest absolute Gasteiger partial charge is 0.481 e. The summed E-state index contributed by atoms with van der Waals surface area (Å²) in [5.41, 5.74) is 1.37. The number of aryl methyl sites for hydroxylation is 1. The average molecular weight is 306 g/mol. The second-order valence-corrected chi connectivity index (χ2v) is 4.77. The van der Waals surface area contributed by atoms with Crippen molar-refractivity contribution in [3.8, 4) is 0 Å². The van der Waals surface area contributed by atoms with Crippen LogP contribution < -0.4 is 10.9 Å². The van der Waals surface area contributed by atoms with Crippen molar-refractivity contribution in [2.24, 2.45) is 0 Å². The molecule has 0 radical (unpaired) electrons. The first-order valence-electron chi connectivity index (χ1n) is 7.35. The first-order valence-corrected chi connectivity index (χ1v) is 7.35. The van der Waals surface area contributed by atoms with Crippen molar-refractivity contribution in [2.45, 2.75) is 40.0 Å². The summed E-state index contributed by atoms with van der Waals surface area (Å²) in [5, 5.41) is 11.1. The zero-order chi connectivity index (χ0) is 16.5. The smallest absolute Gasteiger partial charge is 0.348 e. The molecular formula is C16H22N2O4. The molecule has 0 fully saturated rings. The molecule has 22 heavy (non-hydrogen) atoms. The van der Waals surface area contributed by atoms with E-state index in [2.05, 4.69) is 17.2 Å². The Morgan fingerprint density at radius 1 is 1.36 bits per heavy atom. The predicted molar refractivity (Wildman–Crippen MR) is 86.4 cm³/mol. The first kappa shape index (κ1) is 17.7. The molecule has 1 heterocycles. The molecule has 0 aliphatic carbocycles. The maximum atomic E-state index is 12.0. The van der Waals surface area contributed by atoms with Gasteiger partial charge in [-0.25, -0.2) is 4.79 Å². The van der Waals surface area contributed by atoms with Crippen molar-refractivity contribution in [3.63, 3.8) is 0 Å². The number of aromatic nitrogens is 1. The molecular weight excluding hydrogens is 284 g/mol. The topological polar surface area (TPSA) is 92.4 Å². The first-order chi connectivity index (χ1) is 10.5. The van der Waals surface area contributed by atoms with E-state index in [1.807, 2.05) is 25.1 Å². The second-order valence-electron chi connectivity index (χ2n) is 4.77. The number of nitrogens with one attached hydrogen (secondary N) is 1. The van der Waals surface area contributed by atoms with Gasteiger partial charge in [0.1, 0.15) is 0 Å². The van der Waals surface area contributed by atoms with E-state index < -0.39 is 5.97 Å². The summed E-state index contributed by atoms with van der Waals surface area (Å²) in [7, 11) is 0. The number of benzene rings is 1. The van der Waals surface area contributed by atoms with Crippen LogP contribution in [0.5, 0.6) is 0 Å². The van der Waals surface area contributed by atoms with Crippen molar-refractivity contribution in [3.05, 3.63) is 34.2 Å². The molecule has 1 aromatic heterocycles. The Morgan fingerprint density at radius 2 is 2.05 bits per heavy atom. The van der Waals surface area contributed by atoms with E-state index in [9.17, 15) is 4.79 Å². The fourth-order valence-electron chi connectivity index (χ4n) is 1.93. The van der Waals surface area contributed by atoms with Gasteiger partial charge in [-0.3, -0.25) is 4.79 Å². The van der Waals surface area contributed by atoms with Gasteiger partial charge >= 0.3 is 5.63 Å². The molecule has 0 spiro atoms. The number of aliphatic carboxylic acids is 1. The van der Waals surface area contributed by atoms with Gasteiger partial charge in [0.25, 0.3) is 12.0 Å². The Hall–Kier alpha value is -2.37. The highest BCUT2D eigenvalue weighted by Crippen LogP contribution is 2.16. The van der Waals surface area contributed by atoms with Crippen LogP contribution in [0.1, 0.15) is 39.2 Å². The lowest BCUT2D eigenvalue weighted by Gasteiger charge is -2.05. The van der Waals surface area contributed by atoms with Crippen molar-refractivity contribution < 1.29 is 14.3 Å². The van der Waals surface area contributed by atoms with Gasteiger partial charge in [0.05, 0.1) is 10.9 Å². The van der Waals surface area contributed by atoms with E-state index in [0.717, 1.165) is 38.3 Å². The minimum absolute atomic E-state index is 0.309. The predicted octanol–water partition coefficient (Wildman–Crippen LogP) is 3.05. The SMILES string of the molecule is CC(=O)O.CCCCNc1nc2cccc(CC)c2c(=O)o1. The highest BCUT2D eigenvalue weighted by atomic mass is 16.4. The molecule has 2 rings (SSSR count). The molecule has 120 valence electrons. The monoisotopic (exact) mass is 306 g/mol. The van der Waals surface area contributed by atoms with Crippen LogP contribution in [0.2, 0.25) is 0 Å². The molecule has 0 unspecified atom stereocenters. The van der Waals surface area contributed by atoms with Gasteiger partial charge in [-0.15, -0.1) is 0 Å². The molecule has 0 atom stereocenters. The fraction of sp³-hybridized carbons (Fsp3) is 0.438. The molecule has 2 N–H and O–H groups in total. The van der Waals surface area contributed by atoms with Crippen molar-refractivity contribution >= 4 is 22.9 Å². The lowest BCUT2D eigenvalue weighted by Crippen LogP contribution is -2.10. The van der Waals surface area contributed by atoms with Gasteiger partial charge in [0, 0.05) is 13.5 Å². The molecule has 0 aliphatic heterocycles. The quantitative estimate of drug-likeness (QED) is 0.825. The van der Waals surface area contributed by atoms with Gasteiger partial charge in [-0.2, -0.15) is 4.98 Å². The van der Waals surface area contributed by atoms with Crippen LogP contribution in [0.4, 0.5) is 6.01 Å². The summed E-state index contributed by atoms with van der Waals surface area (Å²) in [6, 6.07) is 6.01. The molecule has 0 amide bonds. The minimum Gasteiger partial charge on any atom is -0.481 e. The van der Waals surface area contributed by atoms with Crippen molar-refractivity contribution in [2.75, 3.05) is 11.9 Å². The summed E-state index contributed by atoms with van der Waals surface area (Å²) >= 11 is 0. The highest BCUT2D eigenvalue weighted by molar-refractivity contribution is 5.81. The molecule has 2 aromatic rings. The van der Waals surface area contributed by atoms with E-state index in [4.69, 9.17) is 14.3 Å².